The van der Waals surface area contributed by atoms with Crippen molar-refractivity contribution < 1.29 is 9.90 Å². The van der Waals surface area contributed by atoms with Gasteiger partial charge in [0, 0.05) is 58.2 Å². The van der Waals surface area contributed by atoms with Gasteiger partial charge in [0.25, 0.3) is 0 Å². The van der Waals surface area contributed by atoms with Crippen molar-refractivity contribution in [3.05, 3.63) is 0 Å². The van der Waals surface area contributed by atoms with Crippen molar-refractivity contribution in [2.24, 2.45) is 5.92 Å². The predicted molar refractivity (Wildman–Crippen MR) is 46.7 cm³/mol. The van der Waals surface area contributed by atoms with E-state index in [1.54, 1.807) is 0 Å². The summed E-state index contributed by atoms with van der Waals surface area (Å²) in [5.41, 5.74) is 0. The summed E-state index contributed by atoms with van der Waals surface area (Å²) in [5, 5.41) is 8.64. The van der Waals surface area contributed by atoms with E-state index in [2.05, 4.69) is 0 Å². The van der Waals surface area contributed by atoms with Gasteiger partial charge in [-0.25, -0.2) is 0 Å². The summed E-state index contributed by atoms with van der Waals surface area (Å²) in [6.45, 7) is 4.04. The van der Waals surface area contributed by atoms with Crippen molar-refractivity contribution in [3.8, 4) is 0 Å². The normalized spacial score (nSPS) is 9.36. The van der Waals surface area contributed by atoms with Gasteiger partial charge in [-0.1, -0.05) is 26.7 Å². The summed E-state index contributed by atoms with van der Waals surface area (Å²) < 4.78 is 0. The van der Waals surface area contributed by atoms with E-state index < -0.39 is 5.97 Å². The molecule has 0 aromatic rings. The quantitative estimate of drug-likeness (QED) is 0.782. The van der Waals surface area contributed by atoms with Crippen LogP contribution >= 0.6 is 0 Å². The molecule has 0 heterocycles. The molecule has 61 valence electrons. The Hall–Kier alpha value is 1.28. The van der Waals surface area contributed by atoms with Crippen molar-refractivity contribution in [1.82, 2.24) is 0 Å². The first-order chi connectivity index (χ1) is 4.72. The second-order valence-corrected chi connectivity index (χ2v) is 2.61. The van der Waals surface area contributed by atoms with E-state index in [-0.39, 0.29) is 64.1 Å². The average molecular weight is 230 g/mol. The predicted octanol–water partition coefficient (Wildman–Crippen LogP) is 1.91. The zero-order valence-electron chi connectivity index (χ0n) is 7.76. The smallest absolute Gasteiger partial charge is 0.306 e. The third kappa shape index (κ3) is 7.63. The van der Waals surface area contributed by atoms with E-state index in [0.717, 1.165) is 25.7 Å². The Morgan fingerprint density at radius 2 is 1.64 bits per heavy atom. The zero-order chi connectivity index (χ0) is 7.98. The summed E-state index contributed by atoms with van der Waals surface area (Å²) >= 11 is 0. The molecule has 0 aliphatic rings. The maximum atomic E-state index is 10.5. The zero-order valence-corrected chi connectivity index (χ0v) is 12.7. The molecule has 0 fully saturated rings. The molecule has 2 nitrogen and oxygen atoms in total. The Morgan fingerprint density at radius 1 is 1.27 bits per heavy atom. The van der Waals surface area contributed by atoms with Gasteiger partial charge in [-0.15, -0.1) is 0 Å². The number of hydrogen-bond acceptors (Lipinski definition) is 1. The fourth-order valence-corrected chi connectivity index (χ4v) is 1.09. The van der Waals surface area contributed by atoms with Crippen LogP contribution in [0.3, 0.4) is 0 Å². The van der Waals surface area contributed by atoms with Crippen LogP contribution < -0.4 is 0 Å². The van der Waals surface area contributed by atoms with Gasteiger partial charge in [0.1, 0.15) is 0 Å². The Bertz CT molecular complexity index is 98.3. The van der Waals surface area contributed by atoms with Crippen LogP contribution in [0.2, 0.25) is 0 Å². The van der Waals surface area contributed by atoms with Crippen LogP contribution in [0, 0.1) is 5.92 Å². The van der Waals surface area contributed by atoms with Crippen LogP contribution in [0.1, 0.15) is 39.5 Å². The molecule has 1 radical (unpaired) electrons. The van der Waals surface area contributed by atoms with E-state index in [9.17, 15) is 4.79 Å². The molecular weight excluding hydrogens is 214 g/mol. The van der Waals surface area contributed by atoms with Gasteiger partial charge < -0.3 is 5.11 Å². The van der Waals surface area contributed by atoms with Gasteiger partial charge in [0.2, 0.25) is 0 Å². The molecule has 0 spiro atoms. The molecule has 0 rings (SSSR count). The maximum Gasteiger partial charge on any atom is 0.306 e. The fourth-order valence-electron chi connectivity index (χ4n) is 1.09. The molecule has 0 saturated carbocycles. The minimum atomic E-state index is -0.635. The van der Waals surface area contributed by atoms with Crippen molar-refractivity contribution >= 4 is 64.2 Å². The van der Waals surface area contributed by atoms with Crippen molar-refractivity contribution in [1.29, 1.82) is 0 Å². The summed E-state index contributed by atoms with van der Waals surface area (Å²) in [5.74, 6) is -0.737. The average Bonchev–Trinajstić information content (AvgIpc) is 1.87. The first kappa shape index (κ1) is 14.8. The minimum absolute atomic E-state index is 0. The Kier molecular flexibility index (Phi) is 12.6. The minimum Gasteiger partial charge on any atom is -0.481 e. The van der Waals surface area contributed by atoms with Crippen LogP contribution in [-0.2, 0) is 4.79 Å². The third-order valence-electron chi connectivity index (χ3n) is 1.62. The number of carbonyl (C=O) groups is 1. The fraction of sp³-hybridized carbons (Fsp3) is 0.875. The van der Waals surface area contributed by atoms with E-state index in [1.807, 2.05) is 13.8 Å². The molecule has 1 N–H and O–H groups in total. The van der Waals surface area contributed by atoms with E-state index in [1.165, 1.54) is 0 Å². The van der Waals surface area contributed by atoms with Crippen LogP contribution in [0.25, 0.3) is 0 Å². The molecule has 11 heavy (non-hydrogen) atoms. The second-order valence-electron chi connectivity index (χ2n) is 2.61. The van der Waals surface area contributed by atoms with Crippen LogP contribution in [0.5, 0.6) is 0 Å². The molecule has 0 bridgehead atoms. The molecule has 0 aliphatic heterocycles. The van der Waals surface area contributed by atoms with Gasteiger partial charge in [-0.2, -0.15) is 0 Å². The molecule has 0 aliphatic carbocycles. The molecule has 0 atom stereocenters. The van der Waals surface area contributed by atoms with Crippen LogP contribution in [0.4, 0.5) is 0 Å². The summed E-state index contributed by atoms with van der Waals surface area (Å²) in [4.78, 5) is 10.5. The van der Waals surface area contributed by atoms with Gasteiger partial charge in [-0.3, -0.25) is 4.79 Å². The molecule has 0 unspecified atom stereocenters. The Balaban J connectivity index is 0. The summed E-state index contributed by atoms with van der Waals surface area (Å²) in [6.07, 6.45) is 3.58. The first-order valence-electron chi connectivity index (χ1n) is 3.95. The van der Waals surface area contributed by atoms with Crippen molar-refractivity contribution in [2.45, 2.75) is 39.5 Å². The summed E-state index contributed by atoms with van der Waals surface area (Å²) in [7, 11) is 0. The number of aliphatic carboxylic acids is 1. The standard InChI is InChI=1S/C8H16O2.Rb/c1-3-5-7(6-4-2)8(9)10;/h7H,3-6H2,1-2H3,(H,9,10);. The number of rotatable bonds is 5. The van der Waals surface area contributed by atoms with Crippen molar-refractivity contribution in [2.75, 3.05) is 0 Å². The number of carboxylic acids is 1. The first-order valence-corrected chi connectivity index (χ1v) is 3.95. The largest absolute Gasteiger partial charge is 0.481 e. The number of carboxylic acid groups (broad SMARTS) is 1. The van der Waals surface area contributed by atoms with Gasteiger partial charge in [0.15, 0.2) is 0 Å². The molecular formula is C8H16O2Rb. The third-order valence-corrected chi connectivity index (χ3v) is 1.62. The Morgan fingerprint density at radius 3 is 1.82 bits per heavy atom. The SMILES string of the molecule is CCCC(CCC)C(=O)O.[Rb]. The Labute approximate surface area is 118 Å². The van der Waals surface area contributed by atoms with E-state index >= 15 is 0 Å². The molecule has 0 amide bonds. The van der Waals surface area contributed by atoms with Crippen LogP contribution in [0.15, 0.2) is 0 Å². The molecule has 3 heteroatoms. The summed E-state index contributed by atoms with van der Waals surface area (Å²) in [6, 6.07) is 0. The van der Waals surface area contributed by atoms with Crippen LogP contribution in [-0.4, -0.2) is 69.3 Å². The van der Waals surface area contributed by atoms with Crippen molar-refractivity contribution in [3.63, 3.8) is 0 Å². The van der Waals surface area contributed by atoms with E-state index in [4.69, 9.17) is 5.11 Å². The number of hydrogen-bond donors (Lipinski definition) is 1. The molecule has 0 aromatic carbocycles. The second kappa shape index (κ2) is 9.36. The van der Waals surface area contributed by atoms with Gasteiger partial charge >= 0.3 is 5.97 Å². The maximum absolute atomic E-state index is 10.5. The molecule has 0 saturated heterocycles. The monoisotopic (exact) mass is 229 g/mol. The van der Waals surface area contributed by atoms with E-state index in [0.29, 0.717) is 0 Å². The van der Waals surface area contributed by atoms with Gasteiger partial charge in [0.05, 0.1) is 5.92 Å². The topological polar surface area (TPSA) is 37.3 Å². The van der Waals surface area contributed by atoms with Gasteiger partial charge in [-0.05, 0) is 12.8 Å². The molecule has 0 aromatic heterocycles.